The van der Waals surface area contributed by atoms with Crippen LogP contribution in [0.5, 0.6) is 0 Å². The molecule has 4 rings (SSSR count). The number of piperazine rings is 1. The van der Waals surface area contributed by atoms with Crippen molar-refractivity contribution < 1.29 is 17.9 Å². The van der Waals surface area contributed by atoms with Crippen LogP contribution in [0.3, 0.4) is 0 Å². The Hall–Kier alpha value is -1.78. The van der Waals surface area contributed by atoms with Gasteiger partial charge in [0.05, 0.1) is 13.2 Å². The lowest BCUT2D eigenvalue weighted by molar-refractivity contribution is -0.142. The molecule has 9 heteroatoms. The van der Waals surface area contributed by atoms with E-state index >= 15 is 0 Å². The first-order valence-corrected chi connectivity index (χ1v) is 12.4. The average Bonchev–Trinajstić information content (AvgIpc) is 3.23. The van der Waals surface area contributed by atoms with Gasteiger partial charge < -0.3 is 9.64 Å². The number of hydrogen-bond donors (Lipinski definition) is 0. The number of nitrogens with zero attached hydrogens (tertiary/aromatic N) is 3. The van der Waals surface area contributed by atoms with Crippen molar-refractivity contribution in [1.29, 1.82) is 0 Å². The summed E-state index contributed by atoms with van der Waals surface area (Å²) in [4.78, 5) is 18.3. The highest BCUT2D eigenvalue weighted by Crippen LogP contribution is 2.29. The van der Waals surface area contributed by atoms with E-state index in [1.165, 1.54) is 15.6 Å². The lowest BCUT2D eigenvalue weighted by Crippen LogP contribution is -2.53. The van der Waals surface area contributed by atoms with Gasteiger partial charge >= 0.3 is 0 Å². The largest absolute Gasteiger partial charge is 0.378 e. The van der Waals surface area contributed by atoms with Gasteiger partial charge in [-0.1, -0.05) is 30.3 Å². The van der Waals surface area contributed by atoms with E-state index < -0.39 is 16.1 Å². The van der Waals surface area contributed by atoms with Crippen LogP contribution in [-0.2, 0) is 19.6 Å². The summed E-state index contributed by atoms with van der Waals surface area (Å²) in [7, 11) is -3.48. The van der Waals surface area contributed by atoms with Crippen LogP contribution >= 0.6 is 11.3 Å². The third kappa shape index (κ3) is 4.45. The molecule has 1 atom stereocenters. The van der Waals surface area contributed by atoms with Crippen molar-refractivity contribution in [2.24, 2.45) is 0 Å². The Balaban J connectivity index is 1.51. The lowest BCUT2D eigenvalue weighted by atomic mass is 10.0. The summed E-state index contributed by atoms with van der Waals surface area (Å²) in [6.07, 6.45) is 0. The van der Waals surface area contributed by atoms with E-state index in [1.807, 2.05) is 48.2 Å². The van der Waals surface area contributed by atoms with Crippen molar-refractivity contribution in [3.8, 4) is 0 Å². The number of morpholine rings is 1. The number of benzene rings is 1. The number of aryl methyl sites for hydroxylation is 1. The maximum Gasteiger partial charge on any atom is 0.252 e. The van der Waals surface area contributed by atoms with Crippen molar-refractivity contribution in [2.45, 2.75) is 17.2 Å². The Labute approximate surface area is 181 Å². The van der Waals surface area contributed by atoms with E-state index in [2.05, 4.69) is 4.90 Å². The van der Waals surface area contributed by atoms with Crippen LogP contribution in [0.4, 0.5) is 0 Å². The standard InChI is InChI=1S/C21H27N3O4S2/c1-17-7-8-19(29-17)30(26,27)24-11-9-22(10-12-24)20(18-5-3-2-4-6-18)21(25)23-13-15-28-16-14-23/h2-8,20H,9-16H2,1H3/t20-/m1/s1. The summed E-state index contributed by atoms with van der Waals surface area (Å²) in [5.74, 6) is 0.0645. The van der Waals surface area contributed by atoms with Crippen molar-refractivity contribution >= 4 is 27.3 Å². The van der Waals surface area contributed by atoms with E-state index in [1.54, 1.807) is 6.07 Å². The summed E-state index contributed by atoms with van der Waals surface area (Å²) in [6, 6.07) is 12.9. The van der Waals surface area contributed by atoms with Gasteiger partial charge in [0.2, 0.25) is 5.91 Å². The van der Waals surface area contributed by atoms with Gasteiger partial charge in [-0.05, 0) is 24.6 Å². The first kappa shape index (κ1) is 21.5. The van der Waals surface area contributed by atoms with E-state index in [9.17, 15) is 13.2 Å². The van der Waals surface area contributed by atoms with Gasteiger partial charge in [-0.25, -0.2) is 8.42 Å². The minimum atomic E-state index is -3.48. The molecule has 0 bridgehead atoms. The van der Waals surface area contributed by atoms with Gasteiger partial charge in [0, 0.05) is 44.1 Å². The molecule has 162 valence electrons. The molecule has 1 aromatic heterocycles. The average molecular weight is 450 g/mol. The smallest absolute Gasteiger partial charge is 0.252 e. The van der Waals surface area contributed by atoms with Crippen molar-refractivity contribution in [3.05, 3.63) is 52.9 Å². The SMILES string of the molecule is Cc1ccc(S(=O)(=O)N2CCN([C@@H](C(=O)N3CCOCC3)c3ccccc3)CC2)s1. The molecule has 0 aliphatic carbocycles. The number of rotatable bonds is 5. The Kier molecular flexibility index (Phi) is 6.54. The summed E-state index contributed by atoms with van der Waals surface area (Å²) in [6.45, 7) is 5.97. The van der Waals surface area contributed by atoms with E-state index in [0.29, 0.717) is 56.7 Å². The summed E-state index contributed by atoms with van der Waals surface area (Å²) < 4.78 is 33.2. The summed E-state index contributed by atoms with van der Waals surface area (Å²) in [5, 5.41) is 0. The zero-order valence-electron chi connectivity index (χ0n) is 17.1. The molecule has 0 saturated carbocycles. The number of ether oxygens (including phenoxy) is 1. The molecule has 0 spiro atoms. The van der Waals surface area contributed by atoms with Gasteiger partial charge in [0.15, 0.2) is 0 Å². The fourth-order valence-electron chi connectivity index (χ4n) is 3.98. The van der Waals surface area contributed by atoms with Crippen LogP contribution in [0.1, 0.15) is 16.5 Å². The number of hydrogen-bond acceptors (Lipinski definition) is 6. The van der Waals surface area contributed by atoms with Gasteiger partial charge in [-0.2, -0.15) is 4.31 Å². The number of amides is 1. The molecular formula is C21H27N3O4S2. The van der Waals surface area contributed by atoms with E-state index in [4.69, 9.17) is 4.74 Å². The molecule has 1 aromatic carbocycles. The predicted molar refractivity (Wildman–Crippen MR) is 116 cm³/mol. The van der Waals surface area contributed by atoms with Gasteiger partial charge in [-0.15, -0.1) is 11.3 Å². The molecule has 2 fully saturated rings. The molecule has 1 amide bonds. The normalized spacial score (nSPS) is 20.2. The van der Waals surface area contributed by atoms with Gasteiger partial charge in [0.1, 0.15) is 10.3 Å². The first-order chi connectivity index (χ1) is 14.5. The van der Waals surface area contributed by atoms with Crippen molar-refractivity contribution in [3.63, 3.8) is 0 Å². The molecule has 2 aliphatic heterocycles. The quantitative estimate of drug-likeness (QED) is 0.698. The monoisotopic (exact) mass is 449 g/mol. The number of carbonyl (C=O) groups is 1. The fourth-order valence-corrected chi connectivity index (χ4v) is 6.84. The molecule has 0 unspecified atom stereocenters. The molecule has 7 nitrogen and oxygen atoms in total. The Morgan fingerprint density at radius 1 is 0.967 bits per heavy atom. The molecule has 0 radical (unpaired) electrons. The van der Waals surface area contributed by atoms with Gasteiger partial charge in [-0.3, -0.25) is 9.69 Å². The lowest BCUT2D eigenvalue weighted by Gasteiger charge is -2.40. The maximum absolute atomic E-state index is 13.4. The third-order valence-corrected chi connectivity index (χ3v) is 8.99. The number of sulfonamides is 1. The highest BCUT2D eigenvalue weighted by molar-refractivity contribution is 7.91. The molecule has 2 aliphatic rings. The zero-order valence-corrected chi connectivity index (χ0v) is 18.7. The Morgan fingerprint density at radius 3 is 2.23 bits per heavy atom. The topological polar surface area (TPSA) is 70.2 Å². The second-order valence-corrected chi connectivity index (χ2v) is 11.0. The van der Waals surface area contributed by atoms with Crippen LogP contribution in [0, 0.1) is 6.92 Å². The summed E-state index contributed by atoms with van der Waals surface area (Å²) in [5.41, 5.74) is 0.944. The minimum absolute atomic E-state index is 0.0645. The van der Waals surface area contributed by atoms with Crippen LogP contribution in [0.25, 0.3) is 0 Å². The van der Waals surface area contributed by atoms with Crippen LogP contribution in [0.15, 0.2) is 46.7 Å². The number of thiophene rings is 1. The highest BCUT2D eigenvalue weighted by atomic mass is 32.2. The van der Waals surface area contributed by atoms with E-state index in [-0.39, 0.29) is 5.91 Å². The van der Waals surface area contributed by atoms with Crippen molar-refractivity contribution in [2.75, 3.05) is 52.5 Å². The second kappa shape index (κ2) is 9.15. The molecule has 2 aromatic rings. The third-order valence-electron chi connectivity index (χ3n) is 5.62. The molecule has 2 saturated heterocycles. The molecule has 0 N–H and O–H groups in total. The van der Waals surface area contributed by atoms with Crippen LogP contribution in [0.2, 0.25) is 0 Å². The fraction of sp³-hybridized carbons (Fsp3) is 0.476. The van der Waals surface area contributed by atoms with Crippen molar-refractivity contribution in [1.82, 2.24) is 14.1 Å². The molecule has 3 heterocycles. The molecular weight excluding hydrogens is 422 g/mol. The number of carbonyl (C=O) groups excluding carboxylic acids is 1. The van der Waals surface area contributed by atoms with Crippen LogP contribution < -0.4 is 0 Å². The predicted octanol–water partition coefficient (Wildman–Crippen LogP) is 1.96. The van der Waals surface area contributed by atoms with E-state index in [0.717, 1.165) is 10.4 Å². The minimum Gasteiger partial charge on any atom is -0.378 e. The maximum atomic E-state index is 13.4. The highest BCUT2D eigenvalue weighted by Gasteiger charge is 2.36. The summed E-state index contributed by atoms with van der Waals surface area (Å²) >= 11 is 1.30. The Bertz CT molecular complexity index is 963. The zero-order chi connectivity index (χ0) is 21.1. The second-order valence-electron chi connectivity index (χ2n) is 7.56. The first-order valence-electron chi connectivity index (χ1n) is 10.2. The molecule has 30 heavy (non-hydrogen) atoms. The van der Waals surface area contributed by atoms with Crippen LogP contribution in [-0.4, -0.2) is 80.9 Å². The Morgan fingerprint density at radius 2 is 1.63 bits per heavy atom. The van der Waals surface area contributed by atoms with Gasteiger partial charge in [0.25, 0.3) is 10.0 Å².